The van der Waals surface area contributed by atoms with Crippen molar-refractivity contribution in [2.24, 2.45) is 11.8 Å². The standard InChI is InChI=1S/C14H17NO3/c1-8-4-3-5-12(9(8)2)15-13(16)10-6-7-11(10)14(17)18/h3-5,10-11H,6-7H2,1-2H3,(H,15,16)(H,17,18). The number of hydrogen-bond acceptors (Lipinski definition) is 2. The first kappa shape index (κ1) is 12.6. The second kappa shape index (κ2) is 4.80. The molecule has 0 radical (unpaired) electrons. The third kappa shape index (κ3) is 2.23. The van der Waals surface area contributed by atoms with Crippen molar-refractivity contribution in [2.75, 3.05) is 5.32 Å². The lowest BCUT2D eigenvalue weighted by Gasteiger charge is -2.32. The highest BCUT2D eigenvalue weighted by Gasteiger charge is 2.41. The lowest BCUT2D eigenvalue weighted by atomic mass is 9.73. The summed E-state index contributed by atoms with van der Waals surface area (Å²) >= 11 is 0. The average Bonchev–Trinajstić information content (AvgIpc) is 2.22. The largest absolute Gasteiger partial charge is 0.481 e. The predicted octanol–water partition coefficient (Wildman–Crippen LogP) is 2.35. The van der Waals surface area contributed by atoms with E-state index in [0.29, 0.717) is 12.8 Å². The predicted molar refractivity (Wildman–Crippen MR) is 68.4 cm³/mol. The van der Waals surface area contributed by atoms with Crippen LogP contribution < -0.4 is 5.32 Å². The summed E-state index contributed by atoms with van der Waals surface area (Å²) in [5.74, 6) is -1.96. The van der Waals surface area contributed by atoms with E-state index in [4.69, 9.17) is 5.11 Å². The molecule has 0 bridgehead atoms. The fraction of sp³-hybridized carbons (Fsp3) is 0.429. The molecule has 4 heteroatoms. The number of carboxylic acid groups (broad SMARTS) is 1. The van der Waals surface area contributed by atoms with Crippen LogP contribution in [0, 0.1) is 25.7 Å². The van der Waals surface area contributed by atoms with Crippen molar-refractivity contribution in [1.82, 2.24) is 0 Å². The van der Waals surface area contributed by atoms with Crippen molar-refractivity contribution in [1.29, 1.82) is 0 Å². The van der Waals surface area contributed by atoms with Crippen LogP contribution in [0.4, 0.5) is 5.69 Å². The number of carboxylic acids is 1. The minimum absolute atomic E-state index is 0.178. The normalized spacial score (nSPS) is 22.1. The first-order valence-electron chi connectivity index (χ1n) is 6.10. The Morgan fingerprint density at radius 2 is 1.89 bits per heavy atom. The summed E-state index contributed by atoms with van der Waals surface area (Å²) in [6.45, 7) is 3.93. The van der Waals surface area contributed by atoms with Crippen LogP contribution in [0.5, 0.6) is 0 Å². The van der Waals surface area contributed by atoms with E-state index in [0.717, 1.165) is 16.8 Å². The summed E-state index contributed by atoms with van der Waals surface area (Å²) in [5.41, 5.74) is 2.91. The van der Waals surface area contributed by atoms with Gasteiger partial charge in [0.15, 0.2) is 0 Å². The van der Waals surface area contributed by atoms with Crippen LogP contribution in [0.3, 0.4) is 0 Å². The molecule has 1 aromatic carbocycles. The average molecular weight is 247 g/mol. The Labute approximate surface area is 106 Å². The first-order chi connectivity index (χ1) is 8.50. The van der Waals surface area contributed by atoms with Gasteiger partial charge in [0.1, 0.15) is 0 Å². The molecule has 0 heterocycles. The highest BCUT2D eigenvalue weighted by molar-refractivity contribution is 5.96. The van der Waals surface area contributed by atoms with E-state index >= 15 is 0 Å². The van der Waals surface area contributed by atoms with E-state index in [-0.39, 0.29) is 11.8 Å². The lowest BCUT2D eigenvalue weighted by Crippen LogP contribution is -2.41. The third-order valence-corrected chi connectivity index (χ3v) is 3.79. The van der Waals surface area contributed by atoms with Gasteiger partial charge in [-0.3, -0.25) is 9.59 Å². The Morgan fingerprint density at radius 3 is 2.44 bits per heavy atom. The highest BCUT2D eigenvalue weighted by atomic mass is 16.4. The maximum atomic E-state index is 12.0. The van der Waals surface area contributed by atoms with Crippen molar-refractivity contribution in [3.8, 4) is 0 Å². The van der Waals surface area contributed by atoms with Gasteiger partial charge in [0.2, 0.25) is 5.91 Å². The molecule has 0 spiro atoms. The maximum Gasteiger partial charge on any atom is 0.307 e. The molecule has 18 heavy (non-hydrogen) atoms. The van der Waals surface area contributed by atoms with Gasteiger partial charge in [0.05, 0.1) is 11.8 Å². The highest BCUT2D eigenvalue weighted by Crippen LogP contribution is 2.35. The van der Waals surface area contributed by atoms with Crippen LogP contribution in [0.25, 0.3) is 0 Å². The fourth-order valence-electron chi connectivity index (χ4n) is 2.22. The van der Waals surface area contributed by atoms with Crippen LogP contribution in [0.15, 0.2) is 18.2 Å². The molecule has 4 nitrogen and oxygen atoms in total. The smallest absolute Gasteiger partial charge is 0.307 e. The van der Waals surface area contributed by atoms with E-state index in [2.05, 4.69) is 5.32 Å². The molecule has 1 aliphatic carbocycles. The number of hydrogen-bond donors (Lipinski definition) is 2. The summed E-state index contributed by atoms with van der Waals surface area (Å²) in [7, 11) is 0. The summed E-state index contributed by atoms with van der Waals surface area (Å²) in [6, 6.07) is 5.70. The lowest BCUT2D eigenvalue weighted by molar-refractivity contribution is -0.151. The monoisotopic (exact) mass is 247 g/mol. The van der Waals surface area contributed by atoms with Crippen LogP contribution in [0.1, 0.15) is 24.0 Å². The molecule has 0 aromatic heterocycles. The fourth-order valence-corrected chi connectivity index (χ4v) is 2.22. The quantitative estimate of drug-likeness (QED) is 0.861. The Hall–Kier alpha value is -1.84. The van der Waals surface area contributed by atoms with E-state index in [1.54, 1.807) is 0 Å². The number of carbonyl (C=O) groups excluding carboxylic acids is 1. The van der Waals surface area contributed by atoms with Crippen molar-refractivity contribution >= 4 is 17.6 Å². The summed E-state index contributed by atoms with van der Waals surface area (Å²) in [5, 5.41) is 11.8. The molecule has 2 unspecified atom stereocenters. The zero-order valence-electron chi connectivity index (χ0n) is 10.6. The third-order valence-electron chi connectivity index (χ3n) is 3.79. The molecule has 1 amide bonds. The van der Waals surface area contributed by atoms with Crippen LogP contribution in [-0.4, -0.2) is 17.0 Å². The van der Waals surface area contributed by atoms with E-state index < -0.39 is 11.9 Å². The van der Waals surface area contributed by atoms with Crippen molar-refractivity contribution < 1.29 is 14.7 Å². The molecule has 0 saturated heterocycles. The second-order valence-corrected chi connectivity index (χ2v) is 4.87. The number of aryl methyl sites for hydroxylation is 1. The molecule has 1 fully saturated rings. The van der Waals surface area contributed by atoms with E-state index in [1.807, 2.05) is 32.0 Å². The molecule has 0 aliphatic heterocycles. The molecule has 1 aliphatic rings. The summed E-state index contributed by atoms with van der Waals surface area (Å²) in [4.78, 5) is 22.9. The number of benzene rings is 1. The zero-order valence-corrected chi connectivity index (χ0v) is 10.6. The van der Waals surface area contributed by atoms with Crippen molar-refractivity contribution in [2.45, 2.75) is 26.7 Å². The van der Waals surface area contributed by atoms with Gasteiger partial charge >= 0.3 is 5.97 Å². The van der Waals surface area contributed by atoms with E-state index in [1.165, 1.54) is 0 Å². The Balaban J connectivity index is 2.08. The molecular weight excluding hydrogens is 230 g/mol. The molecule has 96 valence electrons. The van der Waals surface area contributed by atoms with Gasteiger partial charge in [-0.25, -0.2) is 0 Å². The van der Waals surface area contributed by atoms with Gasteiger partial charge in [-0.15, -0.1) is 0 Å². The molecular formula is C14H17NO3. The number of aliphatic carboxylic acids is 1. The Morgan fingerprint density at radius 1 is 1.22 bits per heavy atom. The molecule has 2 N–H and O–H groups in total. The van der Waals surface area contributed by atoms with Crippen LogP contribution in [-0.2, 0) is 9.59 Å². The van der Waals surface area contributed by atoms with Gasteiger partial charge in [0.25, 0.3) is 0 Å². The first-order valence-corrected chi connectivity index (χ1v) is 6.10. The zero-order chi connectivity index (χ0) is 13.3. The SMILES string of the molecule is Cc1cccc(NC(=O)C2CCC2C(=O)O)c1C. The van der Waals surface area contributed by atoms with Gasteiger partial charge in [-0.05, 0) is 43.9 Å². The van der Waals surface area contributed by atoms with E-state index in [9.17, 15) is 9.59 Å². The number of amides is 1. The molecule has 2 rings (SSSR count). The summed E-state index contributed by atoms with van der Waals surface area (Å²) in [6.07, 6.45) is 1.26. The van der Waals surface area contributed by atoms with Crippen molar-refractivity contribution in [3.05, 3.63) is 29.3 Å². The number of anilines is 1. The second-order valence-electron chi connectivity index (χ2n) is 4.87. The number of carbonyl (C=O) groups is 2. The van der Waals surface area contributed by atoms with Crippen molar-refractivity contribution in [3.63, 3.8) is 0 Å². The van der Waals surface area contributed by atoms with Gasteiger partial charge in [-0.2, -0.15) is 0 Å². The summed E-state index contributed by atoms with van der Waals surface area (Å²) < 4.78 is 0. The number of rotatable bonds is 3. The Kier molecular flexibility index (Phi) is 3.36. The molecule has 1 aromatic rings. The Bertz CT molecular complexity index is 496. The molecule has 2 atom stereocenters. The van der Waals surface area contributed by atoms with Gasteiger partial charge in [0, 0.05) is 5.69 Å². The van der Waals surface area contributed by atoms with Crippen LogP contribution >= 0.6 is 0 Å². The minimum atomic E-state index is -0.873. The minimum Gasteiger partial charge on any atom is -0.481 e. The topological polar surface area (TPSA) is 66.4 Å². The maximum absolute atomic E-state index is 12.0. The van der Waals surface area contributed by atoms with Gasteiger partial charge in [-0.1, -0.05) is 12.1 Å². The number of nitrogens with one attached hydrogen (secondary N) is 1. The molecule has 1 saturated carbocycles. The van der Waals surface area contributed by atoms with Gasteiger partial charge < -0.3 is 10.4 Å². The van der Waals surface area contributed by atoms with Crippen LogP contribution in [0.2, 0.25) is 0 Å².